The lowest BCUT2D eigenvalue weighted by molar-refractivity contribution is -0.145. The molecule has 1 amide bonds. The summed E-state index contributed by atoms with van der Waals surface area (Å²) in [5.74, 6) is -1.51. The van der Waals surface area contributed by atoms with Crippen molar-refractivity contribution in [2.24, 2.45) is 11.1 Å². The number of carboxylic acid groups (broad SMARTS) is 1. The van der Waals surface area contributed by atoms with Crippen LogP contribution in [0.5, 0.6) is 0 Å². The van der Waals surface area contributed by atoms with Crippen LogP contribution in [0.25, 0.3) is 0 Å². The Kier molecular flexibility index (Phi) is 5.27. The Bertz CT molecular complexity index is 466. The van der Waals surface area contributed by atoms with Gasteiger partial charge in [0.05, 0.1) is 6.04 Å². The van der Waals surface area contributed by atoms with Crippen LogP contribution in [0.2, 0.25) is 0 Å². The van der Waals surface area contributed by atoms with Crippen molar-refractivity contribution >= 4 is 11.9 Å². The molecule has 1 aromatic rings. The van der Waals surface area contributed by atoms with Gasteiger partial charge < -0.3 is 16.2 Å². The van der Waals surface area contributed by atoms with E-state index in [4.69, 9.17) is 5.73 Å². The second-order valence-corrected chi connectivity index (χ2v) is 5.94. The number of hydrogen-bond donors (Lipinski definition) is 3. The third kappa shape index (κ3) is 4.66. The molecule has 0 aliphatic carbocycles. The quantitative estimate of drug-likeness (QED) is 0.754. The van der Waals surface area contributed by atoms with Crippen molar-refractivity contribution in [2.75, 3.05) is 0 Å². The lowest BCUT2D eigenvalue weighted by atomic mass is 9.86. The van der Waals surface area contributed by atoms with E-state index < -0.39 is 29.4 Å². The number of nitrogens with one attached hydrogen (secondary N) is 1. The minimum absolute atomic E-state index is 0.378. The number of carbonyl (C=O) groups is 2. The molecule has 0 aliphatic heterocycles. The second-order valence-electron chi connectivity index (χ2n) is 5.94. The van der Waals surface area contributed by atoms with Crippen LogP contribution in [0.1, 0.15) is 26.3 Å². The molecule has 1 rings (SSSR count). The summed E-state index contributed by atoms with van der Waals surface area (Å²) >= 11 is 0. The van der Waals surface area contributed by atoms with Gasteiger partial charge >= 0.3 is 5.97 Å². The summed E-state index contributed by atoms with van der Waals surface area (Å²) in [5.41, 5.74) is 6.20. The van der Waals surface area contributed by atoms with Crippen LogP contribution < -0.4 is 11.1 Å². The van der Waals surface area contributed by atoms with Crippen molar-refractivity contribution in [3.63, 3.8) is 0 Å². The number of nitrogens with two attached hydrogens (primary N) is 1. The third-order valence-electron chi connectivity index (χ3n) is 3.03. The predicted octanol–water partition coefficient (Wildman–Crippen LogP) is 1.17. The maximum absolute atomic E-state index is 12.0. The Morgan fingerprint density at radius 2 is 1.80 bits per heavy atom. The molecule has 0 saturated heterocycles. The molecule has 110 valence electrons. The fraction of sp³-hybridized carbons (Fsp3) is 0.467. The Hall–Kier alpha value is -1.88. The van der Waals surface area contributed by atoms with E-state index in [2.05, 4.69) is 5.32 Å². The second kappa shape index (κ2) is 6.52. The predicted molar refractivity (Wildman–Crippen MR) is 77.1 cm³/mol. The summed E-state index contributed by atoms with van der Waals surface area (Å²) in [6, 6.07) is 7.66. The van der Waals surface area contributed by atoms with Crippen molar-refractivity contribution in [3.05, 3.63) is 35.9 Å². The number of carbonyl (C=O) groups excluding carboxylic acids is 1. The summed E-state index contributed by atoms with van der Waals surface area (Å²) in [7, 11) is 0. The van der Waals surface area contributed by atoms with E-state index in [1.807, 2.05) is 30.3 Å². The standard InChI is InChI=1S/C15H22N2O3/c1-15(2,3)12(14(19)20)17-13(18)11(16)9-10-7-5-4-6-8-10/h4-8,11-12H,9,16H2,1-3H3,(H,17,18)(H,19,20)/t11-,12?/m1/s1. The molecule has 20 heavy (non-hydrogen) atoms. The number of rotatable bonds is 5. The lowest BCUT2D eigenvalue weighted by Gasteiger charge is -2.28. The van der Waals surface area contributed by atoms with E-state index in [1.54, 1.807) is 20.8 Å². The zero-order valence-electron chi connectivity index (χ0n) is 12.1. The Morgan fingerprint density at radius 3 is 2.25 bits per heavy atom. The van der Waals surface area contributed by atoms with Crippen LogP contribution in [0.4, 0.5) is 0 Å². The average Bonchev–Trinajstić information content (AvgIpc) is 2.34. The summed E-state index contributed by atoms with van der Waals surface area (Å²) in [6.45, 7) is 5.28. The van der Waals surface area contributed by atoms with Crippen molar-refractivity contribution in [1.29, 1.82) is 0 Å². The van der Waals surface area contributed by atoms with Crippen molar-refractivity contribution in [2.45, 2.75) is 39.3 Å². The Labute approximate surface area is 119 Å². The Balaban J connectivity index is 2.67. The fourth-order valence-electron chi connectivity index (χ4n) is 1.86. The molecule has 1 aromatic carbocycles. The van der Waals surface area contributed by atoms with Crippen LogP contribution in [0.15, 0.2) is 30.3 Å². The van der Waals surface area contributed by atoms with Crippen LogP contribution >= 0.6 is 0 Å². The van der Waals surface area contributed by atoms with Gasteiger partial charge in [0.15, 0.2) is 0 Å². The maximum atomic E-state index is 12.0. The molecule has 0 aliphatic rings. The number of carboxylic acids is 1. The number of amides is 1. The number of hydrogen-bond acceptors (Lipinski definition) is 3. The highest BCUT2D eigenvalue weighted by molar-refractivity contribution is 5.87. The Morgan fingerprint density at radius 1 is 1.25 bits per heavy atom. The van der Waals surface area contributed by atoms with Crippen molar-refractivity contribution in [1.82, 2.24) is 5.32 Å². The molecule has 0 fully saturated rings. The highest BCUT2D eigenvalue weighted by Gasteiger charge is 2.33. The SMILES string of the molecule is CC(C)(C)C(NC(=O)[C@H](N)Cc1ccccc1)C(=O)O. The van der Waals surface area contributed by atoms with Crippen LogP contribution in [-0.2, 0) is 16.0 Å². The molecular weight excluding hydrogens is 256 g/mol. The highest BCUT2D eigenvalue weighted by atomic mass is 16.4. The van der Waals surface area contributed by atoms with Crippen LogP contribution in [0.3, 0.4) is 0 Å². The monoisotopic (exact) mass is 278 g/mol. The van der Waals surface area contributed by atoms with Gasteiger partial charge in [0.2, 0.25) is 5.91 Å². The van der Waals surface area contributed by atoms with Gasteiger partial charge in [-0.05, 0) is 17.4 Å². The minimum atomic E-state index is -1.06. The molecule has 0 heterocycles. The third-order valence-corrected chi connectivity index (χ3v) is 3.03. The molecule has 4 N–H and O–H groups in total. The zero-order valence-corrected chi connectivity index (χ0v) is 12.1. The van der Waals surface area contributed by atoms with Gasteiger partial charge in [-0.15, -0.1) is 0 Å². The summed E-state index contributed by atoms with van der Waals surface area (Å²) < 4.78 is 0. The average molecular weight is 278 g/mol. The molecule has 0 spiro atoms. The fourth-order valence-corrected chi connectivity index (χ4v) is 1.86. The van der Waals surface area contributed by atoms with E-state index in [9.17, 15) is 14.7 Å². The normalized spacial score (nSPS) is 14.4. The van der Waals surface area contributed by atoms with Gasteiger partial charge in [0, 0.05) is 0 Å². The van der Waals surface area contributed by atoms with E-state index in [0.717, 1.165) is 5.56 Å². The van der Waals surface area contributed by atoms with Gasteiger partial charge in [0.1, 0.15) is 6.04 Å². The van der Waals surface area contributed by atoms with E-state index >= 15 is 0 Å². The minimum Gasteiger partial charge on any atom is -0.480 e. The molecule has 0 bridgehead atoms. The van der Waals surface area contributed by atoms with Crippen LogP contribution in [-0.4, -0.2) is 29.1 Å². The molecule has 1 unspecified atom stereocenters. The largest absolute Gasteiger partial charge is 0.480 e. The molecule has 2 atom stereocenters. The summed E-state index contributed by atoms with van der Waals surface area (Å²) in [4.78, 5) is 23.2. The van der Waals surface area contributed by atoms with E-state index in [0.29, 0.717) is 6.42 Å². The van der Waals surface area contributed by atoms with Gasteiger partial charge in [-0.25, -0.2) is 4.79 Å². The van der Waals surface area contributed by atoms with Gasteiger partial charge in [-0.3, -0.25) is 4.79 Å². The molecule has 5 heteroatoms. The number of benzene rings is 1. The topological polar surface area (TPSA) is 92.4 Å². The summed E-state index contributed by atoms with van der Waals surface area (Å²) in [5, 5.41) is 11.7. The molecular formula is C15H22N2O3. The van der Waals surface area contributed by atoms with E-state index in [1.165, 1.54) is 0 Å². The first-order chi connectivity index (χ1) is 9.21. The lowest BCUT2D eigenvalue weighted by Crippen LogP contribution is -2.54. The summed E-state index contributed by atoms with van der Waals surface area (Å²) in [6.07, 6.45) is 0.378. The first kappa shape index (κ1) is 16.2. The first-order valence-electron chi connectivity index (χ1n) is 6.54. The smallest absolute Gasteiger partial charge is 0.326 e. The van der Waals surface area contributed by atoms with Crippen molar-refractivity contribution < 1.29 is 14.7 Å². The molecule has 0 radical (unpaired) electrons. The van der Waals surface area contributed by atoms with E-state index in [-0.39, 0.29) is 0 Å². The number of aliphatic carboxylic acids is 1. The molecule has 5 nitrogen and oxygen atoms in total. The highest BCUT2D eigenvalue weighted by Crippen LogP contribution is 2.19. The van der Waals surface area contributed by atoms with Crippen molar-refractivity contribution in [3.8, 4) is 0 Å². The maximum Gasteiger partial charge on any atom is 0.326 e. The zero-order chi connectivity index (χ0) is 15.3. The van der Waals surface area contributed by atoms with Gasteiger partial charge in [-0.1, -0.05) is 51.1 Å². The van der Waals surface area contributed by atoms with Gasteiger partial charge in [-0.2, -0.15) is 0 Å². The van der Waals surface area contributed by atoms with Gasteiger partial charge in [0.25, 0.3) is 0 Å². The molecule has 0 saturated carbocycles. The van der Waals surface area contributed by atoms with Crippen LogP contribution in [0, 0.1) is 5.41 Å². The molecule has 0 aromatic heterocycles. The first-order valence-corrected chi connectivity index (χ1v) is 6.54.